The lowest BCUT2D eigenvalue weighted by molar-refractivity contribution is -0.137. The maximum atomic E-state index is 10.5. The molecule has 1 aromatic carbocycles. The SMILES string of the molecule is CC1(C)OB(c2cccc(OCCC(=O)O)c2)OC1(C)C. The second-order valence-corrected chi connectivity index (χ2v) is 6.15. The fourth-order valence-corrected chi connectivity index (χ4v) is 1.99. The van der Waals surface area contributed by atoms with E-state index in [4.69, 9.17) is 19.2 Å². The van der Waals surface area contributed by atoms with Gasteiger partial charge >= 0.3 is 13.1 Å². The zero-order valence-electron chi connectivity index (χ0n) is 12.9. The molecule has 1 aliphatic rings. The monoisotopic (exact) mass is 292 g/mol. The number of carbonyl (C=O) groups is 1. The number of rotatable bonds is 5. The molecule has 1 aliphatic heterocycles. The summed E-state index contributed by atoms with van der Waals surface area (Å²) in [7, 11) is -0.446. The highest BCUT2D eigenvalue weighted by Crippen LogP contribution is 2.36. The zero-order valence-corrected chi connectivity index (χ0v) is 12.9. The molecule has 0 aromatic heterocycles. The fraction of sp³-hybridized carbons (Fsp3) is 0.533. The van der Waals surface area contributed by atoms with Crippen LogP contribution < -0.4 is 10.2 Å². The quantitative estimate of drug-likeness (QED) is 0.839. The van der Waals surface area contributed by atoms with E-state index in [9.17, 15) is 4.79 Å². The first-order valence-electron chi connectivity index (χ1n) is 7.01. The molecule has 114 valence electrons. The number of carboxylic acids is 1. The normalized spacial score (nSPS) is 19.5. The minimum Gasteiger partial charge on any atom is -0.493 e. The maximum absolute atomic E-state index is 10.5. The van der Waals surface area contributed by atoms with Gasteiger partial charge in [-0.3, -0.25) is 4.79 Å². The first-order chi connectivity index (χ1) is 9.71. The Hall–Kier alpha value is -1.53. The number of hydrogen-bond donors (Lipinski definition) is 1. The van der Waals surface area contributed by atoms with Crippen molar-refractivity contribution in [1.29, 1.82) is 0 Å². The zero-order chi connectivity index (χ0) is 15.7. The molecule has 1 heterocycles. The molecule has 0 unspecified atom stereocenters. The Labute approximate surface area is 125 Å². The van der Waals surface area contributed by atoms with Crippen molar-refractivity contribution in [2.45, 2.75) is 45.3 Å². The molecule has 0 atom stereocenters. The fourth-order valence-electron chi connectivity index (χ4n) is 1.99. The van der Waals surface area contributed by atoms with Gasteiger partial charge in [-0.2, -0.15) is 0 Å². The Balaban J connectivity index is 2.07. The lowest BCUT2D eigenvalue weighted by Gasteiger charge is -2.32. The van der Waals surface area contributed by atoms with Crippen LogP contribution in [0.15, 0.2) is 24.3 Å². The van der Waals surface area contributed by atoms with E-state index in [1.54, 1.807) is 6.07 Å². The van der Waals surface area contributed by atoms with Gasteiger partial charge in [0.05, 0.1) is 24.2 Å². The van der Waals surface area contributed by atoms with Crippen molar-refractivity contribution >= 4 is 18.6 Å². The molecule has 1 saturated heterocycles. The highest BCUT2D eigenvalue weighted by atomic mass is 16.7. The summed E-state index contributed by atoms with van der Waals surface area (Å²) in [6.45, 7) is 8.14. The van der Waals surface area contributed by atoms with Crippen molar-refractivity contribution < 1.29 is 23.9 Å². The van der Waals surface area contributed by atoms with Crippen LogP contribution in [0.1, 0.15) is 34.1 Å². The predicted molar refractivity (Wildman–Crippen MR) is 79.9 cm³/mol. The van der Waals surface area contributed by atoms with Crippen molar-refractivity contribution in [3.05, 3.63) is 24.3 Å². The average Bonchev–Trinajstić information content (AvgIpc) is 2.58. The van der Waals surface area contributed by atoms with Crippen molar-refractivity contribution in [2.75, 3.05) is 6.61 Å². The van der Waals surface area contributed by atoms with E-state index < -0.39 is 24.3 Å². The predicted octanol–water partition coefficient (Wildman–Crippen LogP) is 1.84. The first-order valence-corrected chi connectivity index (χ1v) is 7.01. The van der Waals surface area contributed by atoms with Gasteiger partial charge < -0.3 is 19.2 Å². The van der Waals surface area contributed by atoms with Crippen LogP contribution in [0.2, 0.25) is 0 Å². The standard InChI is InChI=1S/C15H21BO5/c1-14(2)15(3,4)21-16(20-14)11-6-5-7-12(10-11)19-9-8-13(17)18/h5-7,10H,8-9H2,1-4H3,(H,17,18). The molecule has 2 rings (SSSR count). The largest absolute Gasteiger partial charge is 0.494 e. The van der Waals surface area contributed by atoms with Gasteiger partial charge in [0.15, 0.2) is 0 Å². The summed E-state index contributed by atoms with van der Waals surface area (Å²) in [5.41, 5.74) is 0.0804. The third kappa shape index (κ3) is 3.57. The van der Waals surface area contributed by atoms with Gasteiger partial charge in [0.25, 0.3) is 0 Å². The van der Waals surface area contributed by atoms with Crippen molar-refractivity contribution in [2.24, 2.45) is 0 Å². The molecule has 0 radical (unpaired) electrons. The van der Waals surface area contributed by atoms with Gasteiger partial charge in [-0.1, -0.05) is 12.1 Å². The molecular weight excluding hydrogens is 271 g/mol. The van der Waals surface area contributed by atoms with E-state index in [1.807, 2.05) is 45.9 Å². The maximum Gasteiger partial charge on any atom is 0.494 e. The third-order valence-electron chi connectivity index (χ3n) is 3.97. The number of carboxylic acid groups (broad SMARTS) is 1. The summed E-state index contributed by atoms with van der Waals surface area (Å²) < 4.78 is 17.4. The van der Waals surface area contributed by atoms with E-state index >= 15 is 0 Å². The lowest BCUT2D eigenvalue weighted by Crippen LogP contribution is -2.41. The van der Waals surface area contributed by atoms with Crippen LogP contribution in [0, 0.1) is 0 Å². The summed E-state index contributed by atoms with van der Waals surface area (Å²) in [5.74, 6) is -0.263. The minimum absolute atomic E-state index is 0.0271. The van der Waals surface area contributed by atoms with Gasteiger partial charge in [0, 0.05) is 0 Å². The number of ether oxygens (including phenoxy) is 1. The molecule has 0 spiro atoms. The Morgan fingerprint density at radius 1 is 1.24 bits per heavy atom. The van der Waals surface area contributed by atoms with Crippen molar-refractivity contribution in [3.8, 4) is 5.75 Å². The molecule has 1 fully saturated rings. The van der Waals surface area contributed by atoms with E-state index in [1.165, 1.54) is 0 Å². The van der Waals surface area contributed by atoms with Crippen LogP contribution in [-0.2, 0) is 14.1 Å². The van der Waals surface area contributed by atoms with Gasteiger partial charge in [-0.25, -0.2) is 0 Å². The lowest BCUT2D eigenvalue weighted by atomic mass is 9.79. The summed E-state index contributed by atoms with van der Waals surface area (Å²) in [6.07, 6.45) is -0.0271. The Bertz CT molecular complexity index is 511. The minimum atomic E-state index is -0.878. The molecule has 1 aromatic rings. The molecule has 0 amide bonds. The molecular formula is C15H21BO5. The Kier molecular flexibility index (Phi) is 4.30. The molecule has 0 saturated carbocycles. The van der Waals surface area contributed by atoms with Gasteiger partial charge in [0.1, 0.15) is 5.75 Å². The highest BCUT2D eigenvalue weighted by molar-refractivity contribution is 6.62. The Morgan fingerprint density at radius 2 is 1.86 bits per heavy atom. The summed E-state index contributed by atoms with van der Waals surface area (Å²) in [5, 5.41) is 8.61. The Morgan fingerprint density at radius 3 is 2.43 bits per heavy atom. The highest BCUT2D eigenvalue weighted by Gasteiger charge is 2.51. The topological polar surface area (TPSA) is 65.0 Å². The smallest absolute Gasteiger partial charge is 0.493 e. The van der Waals surface area contributed by atoms with Crippen LogP contribution in [0.3, 0.4) is 0 Å². The van der Waals surface area contributed by atoms with Crippen LogP contribution >= 0.6 is 0 Å². The molecule has 0 bridgehead atoms. The summed E-state index contributed by atoms with van der Waals surface area (Å²) in [4.78, 5) is 10.5. The van der Waals surface area contributed by atoms with E-state index in [0.717, 1.165) is 5.46 Å². The van der Waals surface area contributed by atoms with Crippen LogP contribution in [-0.4, -0.2) is 36.0 Å². The summed E-state index contributed by atoms with van der Waals surface area (Å²) in [6, 6.07) is 7.36. The van der Waals surface area contributed by atoms with Gasteiger partial charge in [-0.05, 0) is 45.3 Å². The molecule has 5 nitrogen and oxygen atoms in total. The average molecular weight is 292 g/mol. The number of hydrogen-bond acceptors (Lipinski definition) is 4. The first kappa shape index (κ1) is 15.9. The summed E-state index contributed by atoms with van der Waals surface area (Å²) >= 11 is 0. The number of aliphatic carboxylic acids is 1. The molecule has 6 heteroatoms. The third-order valence-corrected chi connectivity index (χ3v) is 3.97. The van der Waals surface area contributed by atoms with Gasteiger partial charge in [-0.15, -0.1) is 0 Å². The number of benzene rings is 1. The second-order valence-electron chi connectivity index (χ2n) is 6.15. The van der Waals surface area contributed by atoms with E-state index in [-0.39, 0.29) is 13.0 Å². The second kappa shape index (κ2) is 5.69. The molecule has 21 heavy (non-hydrogen) atoms. The van der Waals surface area contributed by atoms with Gasteiger partial charge in [0.2, 0.25) is 0 Å². The molecule has 0 aliphatic carbocycles. The van der Waals surface area contributed by atoms with Crippen molar-refractivity contribution in [3.63, 3.8) is 0 Å². The van der Waals surface area contributed by atoms with E-state index in [2.05, 4.69) is 0 Å². The van der Waals surface area contributed by atoms with Crippen LogP contribution in [0.5, 0.6) is 5.75 Å². The molecule has 1 N–H and O–H groups in total. The van der Waals surface area contributed by atoms with Crippen molar-refractivity contribution in [1.82, 2.24) is 0 Å². The van der Waals surface area contributed by atoms with Crippen LogP contribution in [0.25, 0.3) is 0 Å². The van der Waals surface area contributed by atoms with Crippen LogP contribution in [0.4, 0.5) is 0 Å². The van der Waals surface area contributed by atoms with E-state index in [0.29, 0.717) is 5.75 Å².